The second-order valence-electron chi connectivity index (χ2n) is 7.45. The number of rotatable bonds is 3. The Balaban J connectivity index is 1.56. The van der Waals surface area contributed by atoms with E-state index in [0.29, 0.717) is 28.6 Å². The third-order valence-corrected chi connectivity index (χ3v) is 5.81. The predicted octanol–water partition coefficient (Wildman–Crippen LogP) is 4.19. The molecule has 3 aromatic heterocycles. The van der Waals surface area contributed by atoms with Crippen molar-refractivity contribution < 1.29 is 0 Å². The molecule has 0 bridgehead atoms. The summed E-state index contributed by atoms with van der Waals surface area (Å²) >= 11 is 5.95. The summed E-state index contributed by atoms with van der Waals surface area (Å²) in [5.74, 6) is 1.81. The van der Waals surface area contributed by atoms with E-state index in [0.717, 1.165) is 29.7 Å². The molecule has 1 fully saturated rings. The monoisotopic (exact) mass is 393 g/mol. The molecule has 1 saturated carbocycles. The molecule has 28 heavy (non-hydrogen) atoms. The van der Waals surface area contributed by atoms with Gasteiger partial charge in [-0.1, -0.05) is 43.0 Å². The van der Waals surface area contributed by atoms with E-state index in [1.165, 1.54) is 19.3 Å². The third kappa shape index (κ3) is 3.07. The zero-order valence-corrected chi connectivity index (χ0v) is 16.1. The van der Waals surface area contributed by atoms with Crippen molar-refractivity contribution >= 4 is 28.3 Å². The van der Waals surface area contributed by atoms with Gasteiger partial charge in [-0.2, -0.15) is 9.50 Å². The van der Waals surface area contributed by atoms with E-state index in [1.807, 2.05) is 30.3 Å². The largest absolute Gasteiger partial charge is 0.310 e. The van der Waals surface area contributed by atoms with Gasteiger partial charge in [0.15, 0.2) is 5.82 Å². The van der Waals surface area contributed by atoms with E-state index < -0.39 is 0 Å². The van der Waals surface area contributed by atoms with Gasteiger partial charge in [0.2, 0.25) is 0 Å². The predicted molar refractivity (Wildman–Crippen MR) is 109 cm³/mol. The van der Waals surface area contributed by atoms with Crippen LogP contribution in [0.1, 0.15) is 49.4 Å². The van der Waals surface area contributed by atoms with E-state index in [-0.39, 0.29) is 5.56 Å². The van der Waals surface area contributed by atoms with Gasteiger partial charge in [0.25, 0.3) is 11.3 Å². The molecule has 0 unspecified atom stereocenters. The zero-order valence-electron chi connectivity index (χ0n) is 15.4. The Morgan fingerprint density at radius 2 is 1.86 bits per heavy atom. The maximum absolute atomic E-state index is 13.0. The molecule has 1 aliphatic carbocycles. The fourth-order valence-electron chi connectivity index (χ4n) is 4.02. The first kappa shape index (κ1) is 17.4. The van der Waals surface area contributed by atoms with Crippen molar-refractivity contribution in [2.24, 2.45) is 0 Å². The number of hydrogen-bond acceptors (Lipinski definition) is 4. The lowest BCUT2D eigenvalue weighted by atomic mass is 9.89. The molecule has 3 heterocycles. The number of hydrogen-bond donors (Lipinski definition) is 0. The molecule has 142 valence electrons. The number of benzene rings is 1. The molecule has 6 nitrogen and oxygen atoms in total. The van der Waals surface area contributed by atoms with Crippen molar-refractivity contribution in [3.63, 3.8) is 0 Å². The van der Waals surface area contributed by atoms with Crippen molar-refractivity contribution in [2.45, 2.75) is 44.6 Å². The molecule has 0 aliphatic heterocycles. The second-order valence-corrected chi connectivity index (χ2v) is 7.89. The minimum absolute atomic E-state index is 0.0865. The minimum atomic E-state index is -0.0865. The van der Waals surface area contributed by atoms with Gasteiger partial charge in [0, 0.05) is 23.3 Å². The van der Waals surface area contributed by atoms with Gasteiger partial charge in [-0.15, -0.1) is 5.10 Å². The number of aromatic nitrogens is 5. The fraction of sp³-hybridized carbons (Fsp3) is 0.333. The van der Waals surface area contributed by atoms with Crippen LogP contribution in [0, 0.1) is 0 Å². The number of pyridine rings is 1. The van der Waals surface area contributed by atoms with Crippen molar-refractivity contribution in [3.8, 4) is 0 Å². The average molecular weight is 394 g/mol. The standard InChI is InChI=1S/C21H20ClN5O/c22-16-8-6-14(7-9-16)13-26-11-10-18-17(20(26)28)12-23-21-24-19(25-27(18)21)15-4-2-1-3-5-15/h6-12,15H,1-5,13H2. The minimum Gasteiger partial charge on any atom is -0.310 e. The van der Waals surface area contributed by atoms with Crippen molar-refractivity contribution in [2.75, 3.05) is 0 Å². The summed E-state index contributed by atoms with van der Waals surface area (Å²) in [4.78, 5) is 22.0. The summed E-state index contributed by atoms with van der Waals surface area (Å²) in [6, 6.07) is 9.43. The fourth-order valence-corrected chi connectivity index (χ4v) is 4.15. The topological polar surface area (TPSA) is 65.1 Å². The van der Waals surface area contributed by atoms with Gasteiger partial charge in [-0.3, -0.25) is 4.79 Å². The molecule has 0 atom stereocenters. The highest BCUT2D eigenvalue weighted by Gasteiger charge is 2.21. The van der Waals surface area contributed by atoms with Crippen LogP contribution in [0.25, 0.3) is 16.7 Å². The molecule has 1 aromatic carbocycles. The molecule has 7 heteroatoms. The number of halogens is 1. The van der Waals surface area contributed by atoms with Gasteiger partial charge in [-0.25, -0.2) is 4.98 Å². The molecule has 0 N–H and O–H groups in total. The summed E-state index contributed by atoms with van der Waals surface area (Å²) in [5.41, 5.74) is 1.67. The van der Waals surface area contributed by atoms with Crippen LogP contribution in [-0.2, 0) is 6.54 Å². The summed E-state index contributed by atoms with van der Waals surface area (Å²) in [5, 5.41) is 5.94. The van der Waals surface area contributed by atoms with Gasteiger partial charge in [-0.05, 0) is 36.6 Å². The lowest BCUT2D eigenvalue weighted by Gasteiger charge is -2.17. The van der Waals surface area contributed by atoms with E-state index in [1.54, 1.807) is 21.5 Å². The van der Waals surface area contributed by atoms with Crippen LogP contribution in [0.3, 0.4) is 0 Å². The van der Waals surface area contributed by atoms with Crippen LogP contribution in [0.2, 0.25) is 5.02 Å². The second kappa shape index (κ2) is 7.02. The van der Waals surface area contributed by atoms with Crippen LogP contribution >= 0.6 is 11.6 Å². The van der Waals surface area contributed by atoms with Crippen molar-refractivity contribution in [3.05, 3.63) is 69.5 Å². The Morgan fingerprint density at radius 1 is 1.07 bits per heavy atom. The summed E-state index contributed by atoms with van der Waals surface area (Å²) in [6.45, 7) is 0.481. The van der Waals surface area contributed by atoms with Crippen LogP contribution in [0.5, 0.6) is 0 Å². The van der Waals surface area contributed by atoms with E-state index in [4.69, 9.17) is 16.7 Å². The summed E-state index contributed by atoms with van der Waals surface area (Å²) in [7, 11) is 0. The molecular formula is C21H20ClN5O. The molecule has 0 spiro atoms. The van der Waals surface area contributed by atoms with Crippen molar-refractivity contribution in [1.82, 2.24) is 24.1 Å². The van der Waals surface area contributed by atoms with E-state index >= 15 is 0 Å². The Bertz CT molecular complexity index is 1210. The molecule has 1 aliphatic rings. The first-order valence-electron chi connectivity index (χ1n) is 9.68. The maximum atomic E-state index is 13.0. The summed E-state index contributed by atoms with van der Waals surface area (Å²) < 4.78 is 3.39. The van der Waals surface area contributed by atoms with Crippen LogP contribution in [0.4, 0.5) is 0 Å². The highest BCUT2D eigenvalue weighted by molar-refractivity contribution is 6.30. The van der Waals surface area contributed by atoms with E-state index in [2.05, 4.69) is 9.97 Å². The Morgan fingerprint density at radius 3 is 2.64 bits per heavy atom. The SMILES string of the molecule is O=c1c2cnc3nc(C4CCCCC4)nn3c2ccn1Cc1ccc(Cl)cc1. The molecule has 0 radical (unpaired) electrons. The van der Waals surface area contributed by atoms with Gasteiger partial charge in [0.1, 0.15) is 0 Å². The maximum Gasteiger partial charge on any atom is 0.261 e. The molecule has 5 rings (SSSR count). The number of fused-ring (bicyclic) bond motifs is 3. The van der Waals surface area contributed by atoms with Crippen molar-refractivity contribution in [1.29, 1.82) is 0 Å². The van der Waals surface area contributed by atoms with Gasteiger partial charge >= 0.3 is 0 Å². The summed E-state index contributed by atoms with van der Waals surface area (Å²) in [6.07, 6.45) is 9.42. The Hall–Kier alpha value is -2.73. The lowest BCUT2D eigenvalue weighted by Crippen LogP contribution is -2.21. The molecular weight excluding hydrogens is 374 g/mol. The Labute approximate surface area is 166 Å². The quantitative estimate of drug-likeness (QED) is 0.523. The van der Waals surface area contributed by atoms with Crippen LogP contribution in [0.15, 0.2) is 47.5 Å². The smallest absolute Gasteiger partial charge is 0.261 e. The van der Waals surface area contributed by atoms with Crippen LogP contribution < -0.4 is 5.56 Å². The first-order valence-corrected chi connectivity index (χ1v) is 10.1. The Kier molecular flexibility index (Phi) is 4.36. The molecule has 0 saturated heterocycles. The third-order valence-electron chi connectivity index (χ3n) is 5.56. The molecule has 0 amide bonds. The van der Waals surface area contributed by atoms with E-state index in [9.17, 15) is 4.79 Å². The lowest BCUT2D eigenvalue weighted by molar-refractivity contribution is 0.429. The first-order chi connectivity index (χ1) is 13.7. The zero-order chi connectivity index (χ0) is 19.1. The van der Waals surface area contributed by atoms with Gasteiger partial charge < -0.3 is 4.57 Å². The normalized spacial score (nSPS) is 15.5. The number of nitrogens with zero attached hydrogens (tertiary/aromatic N) is 5. The molecule has 4 aromatic rings. The van der Waals surface area contributed by atoms with Gasteiger partial charge in [0.05, 0.1) is 17.4 Å². The highest BCUT2D eigenvalue weighted by atomic mass is 35.5. The van der Waals surface area contributed by atoms with Crippen LogP contribution in [-0.4, -0.2) is 24.1 Å². The highest BCUT2D eigenvalue weighted by Crippen LogP contribution is 2.31. The average Bonchev–Trinajstić information content (AvgIpc) is 3.17.